The van der Waals surface area contributed by atoms with Crippen LogP contribution in [0.3, 0.4) is 0 Å². The number of hydrogen-bond donors (Lipinski definition) is 3. The quantitative estimate of drug-likeness (QED) is 0.572. The van der Waals surface area contributed by atoms with E-state index in [0.29, 0.717) is 36.7 Å². The van der Waals surface area contributed by atoms with Gasteiger partial charge in [0, 0.05) is 18.8 Å². The third-order valence-corrected chi connectivity index (χ3v) is 4.91. The lowest BCUT2D eigenvalue weighted by atomic mass is 10.1. The van der Waals surface area contributed by atoms with Gasteiger partial charge in [0.1, 0.15) is 29.1 Å². The number of pyridine rings is 1. The molecule has 10 nitrogen and oxygen atoms in total. The standard InChI is InChI=1S/C22H25N7O3/c1-22(2,3)32-21(31)29-8-6-13(7-9-29)17-10-15-19(25-12-26-20(15)28-17)27-14-4-5-16(18(23)30)24-11-14/h4-6,10-12H,7-9H2,1-3H3,(H2,23,30)(H2,25,26,27,28). The van der Waals surface area contributed by atoms with Crippen LogP contribution in [0.5, 0.6) is 0 Å². The molecule has 0 unspecified atom stereocenters. The molecular formula is C22H25N7O3. The molecule has 10 heteroatoms. The van der Waals surface area contributed by atoms with Gasteiger partial charge in [-0.1, -0.05) is 6.08 Å². The second-order valence-electron chi connectivity index (χ2n) is 8.49. The van der Waals surface area contributed by atoms with E-state index in [1.807, 2.05) is 32.9 Å². The second-order valence-corrected chi connectivity index (χ2v) is 8.49. The number of nitrogens with zero attached hydrogens (tertiary/aromatic N) is 4. The van der Waals surface area contributed by atoms with E-state index < -0.39 is 11.5 Å². The molecule has 0 saturated heterocycles. The average molecular weight is 435 g/mol. The van der Waals surface area contributed by atoms with Crippen LogP contribution >= 0.6 is 0 Å². The third kappa shape index (κ3) is 4.69. The Labute approximate surface area is 184 Å². The van der Waals surface area contributed by atoms with E-state index in [1.165, 1.54) is 12.5 Å². The number of rotatable bonds is 4. The van der Waals surface area contributed by atoms with Crippen molar-refractivity contribution in [1.29, 1.82) is 0 Å². The number of aromatic amines is 1. The zero-order valence-corrected chi connectivity index (χ0v) is 18.2. The summed E-state index contributed by atoms with van der Waals surface area (Å²) >= 11 is 0. The van der Waals surface area contributed by atoms with Crippen LogP contribution in [0.2, 0.25) is 0 Å². The van der Waals surface area contributed by atoms with Crippen molar-refractivity contribution in [2.75, 3.05) is 18.4 Å². The molecular weight excluding hydrogens is 410 g/mol. The molecule has 0 aliphatic carbocycles. The fourth-order valence-electron chi connectivity index (χ4n) is 3.37. The van der Waals surface area contributed by atoms with Gasteiger partial charge in [-0.3, -0.25) is 4.79 Å². The summed E-state index contributed by atoms with van der Waals surface area (Å²) in [4.78, 5) is 41.2. The predicted octanol–water partition coefficient (Wildman–Crippen LogP) is 3.22. The SMILES string of the molecule is CC(C)(C)OC(=O)N1CC=C(c2cc3c(Nc4ccc(C(N)=O)nc4)ncnc3[nH]2)CC1. The Morgan fingerprint density at radius 1 is 1.22 bits per heavy atom. The lowest BCUT2D eigenvalue weighted by Gasteiger charge is -2.29. The van der Waals surface area contributed by atoms with Crippen LogP contribution in [0.1, 0.15) is 43.4 Å². The molecule has 1 aliphatic heterocycles. The van der Waals surface area contributed by atoms with Crippen LogP contribution in [-0.2, 0) is 4.74 Å². The second kappa shape index (κ2) is 8.29. The minimum absolute atomic E-state index is 0.192. The molecule has 32 heavy (non-hydrogen) atoms. The van der Waals surface area contributed by atoms with Crippen LogP contribution in [0, 0.1) is 0 Å². The van der Waals surface area contributed by atoms with Crippen LogP contribution in [0.15, 0.2) is 36.8 Å². The van der Waals surface area contributed by atoms with Gasteiger partial charge >= 0.3 is 6.09 Å². The van der Waals surface area contributed by atoms with Crippen molar-refractivity contribution in [3.8, 4) is 0 Å². The lowest BCUT2D eigenvalue weighted by molar-refractivity contribution is 0.0270. The maximum Gasteiger partial charge on any atom is 0.410 e. The van der Waals surface area contributed by atoms with Gasteiger partial charge in [0.2, 0.25) is 0 Å². The number of H-pyrrole nitrogens is 1. The zero-order valence-electron chi connectivity index (χ0n) is 18.2. The molecule has 0 saturated carbocycles. The molecule has 3 aromatic heterocycles. The number of fused-ring (bicyclic) bond motifs is 1. The molecule has 0 radical (unpaired) electrons. The number of amides is 2. The molecule has 0 aromatic carbocycles. The number of aromatic nitrogens is 4. The Morgan fingerprint density at radius 3 is 2.66 bits per heavy atom. The fourth-order valence-corrected chi connectivity index (χ4v) is 3.37. The topological polar surface area (TPSA) is 139 Å². The van der Waals surface area contributed by atoms with Crippen LogP contribution < -0.4 is 11.1 Å². The summed E-state index contributed by atoms with van der Waals surface area (Å²) in [6.07, 6.45) is 5.40. The Balaban J connectivity index is 1.52. The van der Waals surface area contributed by atoms with Gasteiger partial charge in [0.25, 0.3) is 5.91 Å². The monoisotopic (exact) mass is 435 g/mol. The van der Waals surface area contributed by atoms with E-state index >= 15 is 0 Å². The molecule has 166 valence electrons. The highest BCUT2D eigenvalue weighted by molar-refractivity contribution is 5.93. The molecule has 0 bridgehead atoms. The van der Waals surface area contributed by atoms with Crippen molar-refractivity contribution >= 4 is 40.1 Å². The maximum atomic E-state index is 12.3. The molecule has 0 spiro atoms. The Kier molecular flexibility index (Phi) is 5.52. The van der Waals surface area contributed by atoms with Crippen molar-refractivity contribution in [2.45, 2.75) is 32.8 Å². The fraction of sp³-hybridized carbons (Fsp3) is 0.318. The first-order valence-electron chi connectivity index (χ1n) is 10.2. The first-order valence-corrected chi connectivity index (χ1v) is 10.2. The summed E-state index contributed by atoms with van der Waals surface area (Å²) in [6, 6.07) is 5.25. The lowest BCUT2D eigenvalue weighted by Crippen LogP contribution is -2.39. The van der Waals surface area contributed by atoms with Gasteiger partial charge in [-0.05, 0) is 51.0 Å². The van der Waals surface area contributed by atoms with Crippen molar-refractivity contribution < 1.29 is 14.3 Å². The average Bonchev–Trinajstić information content (AvgIpc) is 3.18. The largest absolute Gasteiger partial charge is 0.444 e. The molecule has 0 fully saturated rings. The molecule has 4 heterocycles. The summed E-state index contributed by atoms with van der Waals surface area (Å²) < 4.78 is 5.45. The third-order valence-electron chi connectivity index (χ3n) is 4.91. The summed E-state index contributed by atoms with van der Waals surface area (Å²) in [5.74, 6) is 0.0279. The number of anilines is 2. The van der Waals surface area contributed by atoms with E-state index in [9.17, 15) is 9.59 Å². The summed E-state index contributed by atoms with van der Waals surface area (Å²) in [6.45, 7) is 6.62. The number of carbonyl (C=O) groups is 2. The zero-order chi connectivity index (χ0) is 22.9. The Bertz CT molecular complexity index is 1190. The summed E-state index contributed by atoms with van der Waals surface area (Å²) in [5.41, 5.74) is 8.29. The number of hydrogen-bond acceptors (Lipinski definition) is 7. The molecule has 0 atom stereocenters. The Hall–Kier alpha value is -3.95. The number of carbonyl (C=O) groups excluding carboxylic acids is 2. The van der Waals surface area contributed by atoms with E-state index in [4.69, 9.17) is 10.5 Å². The van der Waals surface area contributed by atoms with Crippen molar-refractivity contribution in [3.63, 3.8) is 0 Å². The minimum atomic E-state index is -0.581. The minimum Gasteiger partial charge on any atom is -0.444 e. The first-order chi connectivity index (χ1) is 15.2. The predicted molar refractivity (Wildman–Crippen MR) is 120 cm³/mol. The highest BCUT2D eigenvalue weighted by Gasteiger charge is 2.24. The number of primary amides is 1. The summed E-state index contributed by atoms with van der Waals surface area (Å²) in [5, 5.41) is 4.02. The van der Waals surface area contributed by atoms with E-state index in [1.54, 1.807) is 17.0 Å². The highest BCUT2D eigenvalue weighted by Crippen LogP contribution is 2.29. The molecule has 1 aliphatic rings. The normalized spacial score (nSPS) is 14.2. The number of ether oxygens (including phenoxy) is 1. The van der Waals surface area contributed by atoms with E-state index in [0.717, 1.165) is 16.7 Å². The van der Waals surface area contributed by atoms with Crippen molar-refractivity contribution in [1.82, 2.24) is 24.8 Å². The van der Waals surface area contributed by atoms with Crippen LogP contribution in [-0.4, -0.2) is 55.5 Å². The first kappa shape index (κ1) is 21.3. The molecule has 2 amide bonds. The smallest absolute Gasteiger partial charge is 0.410 e. The Morgan fingerprint density at radius 2 is 2.03 bits per heavy atom. The highest BCUT2D eigenvalue weighted by atomic mass is 16.6. The van der Waals surface area contributed by atoms with Gasteiger partial charge in [0.05, 0.1) is 17.3 Å². The molecule has 3 aromatic rings. The van der Waals surface area contributed by atoms with Crippen LogP contribution in [0.4, 0.5) is 16.3 Å². The van der Waals surface area contributed by atoms with Gasteiger partial charge in [-0.15, -0.1) is 0 Å². The maximum absolute atomic E-state index is 12.3. The van der Waals surface area contributed by atoms with E-state index in [2.05, 4.69) is 25.3 Å². The van der Waals surface area contributed by atoms with Gasteiger partial charge in [-0.2, -0.15) is 0 Å². The van der Waals surface area contributed by atoms with Gasteiger partial charge in [-0.25, -0.2) is 19.7 Å². The van der Waals surface area contributed by atoms with Gasteiger partial charge < -0.3 is 25.7 Å². The summed E-state index contributed by atoms with van der Waals surface area (Å²) in [7, 11) is 0. The number of nitrogens with two attached hydrogens (primary N) is 1. The molecule has 4 N–H and O–H groups in total. The van der Waals surface area contributed by atoms with Crippen molar-refractivity contribution in [3.05, 3.63) is 48.2 Å². The molecule has 4 rings (SSSR count). The van der Waals surface area contributed by atoms with Crippen LogP contribution in [0.25, 0.3) is 16.6 Å². The van der Waals surface area contributed by atoms with Crippen molar-refractivity contribution in [2.24, 2.45) is 5.73 Å². The number of nitrogens with one attached hydrogen (secondary N) is 2. The van der Waals surface area contributed by atoms with E-state index in [-0.39, 0.29) is 11.8 Å². The van der Waals surface area contributed by atoms with Gasteiger partial charge in [0.15, 0.2) is 0 Å².